The number of nitrogens with two attached hydrogens (primary N) is 1. The van der Waals surface area contributed by atoms with Gasteiger partial charge >= 0.3 is 0 Å². The van der Waals surface area contributed by atoms with Crippen LogP contribution in [0.25, 0.3) is 0 Å². The van der Waals surface area contributed by atoms with E-state index in [2.05, 4.69) is 9.97 Å². The summed E-state index contributed by atoms with van der Waals surface area (Å²) in [5.41, 5.74) is 8.13. The maximum atomic E-state index is 11.1. The third-order valence-corrected chi connectivity index (χ3v) is 2.43. The van der Waals surface area contributed by atoms with Crippen LogP contribution in [0.1, 0.15) is 11.1 Å². The van der Waals surface area contributed by atoms with Gasteiger partial charge in [-0.25, -0.2) is 4.98 Å². The number of nitrogens with one attached hydrogen (secondary N) is 1. The molecule has 2 rings (SSSR count). The van der Waals surface area contributed by atoms with Gasteiger partial charge in [-0.1, -0.05) is 6.07 Å². The van der Waals surface area contributed by atoms with Crippen molar-refractivity contribution in [2.75, 3.05) is 5.73 Å². The maximum absolute atomic E-state index is 11.1. The number of aromatic amines is 1. The molecule has 0 aliphatic carbocycles. The summed E-state index contributed by atoms with van der Waals surface area (Å²) in [7, 11) is 0. The second kappa shape index (κ2) is 4.29. The normalized spacial score (nSPS) is 10.2. The molecule has 1 aromatic heterocycles. The molecule has 0 spiro atoms. The summed E-state index contributed by atoms with van der Waals surface area (Å²) < 4.78 is 5.51. The van der Waals surface area contributed by atoms with Gasteiger partial charge in [0.1, 0.15) is 5.75 Å². The Kier molecular flexibility index (Phi) is 2.82. The lowest BCUT2D eigenvalue weighted by Gasteiger charge is -2.09. The summed E-state index contributed by atoms with van der Waals surface area (Å²) >= 11 is 0. The molecule has 0 fully saturated rings. The molecular weight excluding hydrogens is 218 g/mol. The average Bonchev–Trinajstić information content (AvgIpc) is 2.26. The van der Waals surface area contributed by atoms with Crippen molar-refractivity contribution < 1.29 is 4.74 Å². The number of aromatic nitrogens is 2. The predicted molar refractivity (Wildman–Crippen MR) is 65.3 cm³/mol. The summed E-state index contributed by atoms with van der Waals surface area (Å²) in [6.07, 6.45) is 1.30. The molecule has 5 heteroatoms. The maximum Gasteiger partial charge on any atom is 0.254 e. The van der Waals surface area contributed by atoms with Crippen molar-refractivity contribution in [3.8, 4) is 11.6 Å². The Labute approximate surface area is 98.3 Å². The zero-order chi connectivity index (χ0) is 12.4. The minimum absolute atomic E-state index is 0.250. The molecule has 2 aromatic rings. The molecule has 0 saturated carbocycles. The third kappa shape index (κ3) is 2.44. The van der Waals surface area contributed by atoms with Crippen molar-refractivity contribution in [3.05, 3.63) is 46.0 Å². The molecule has 0 aliphatic heterocycles. The number of ether oxygens (including phenoxy) is 1. The van der Waals surface area contributed by atoms with E-state index >= 15 is 0 Å². The molecule has 0 aliphatic rings. The van der Waals surface area contributed by atoms with Crippen LogP contribution in [-0.2, 0) is 0 Å². The largest absolute Gasteiger partial charge is 0.438 e. The lowest BCUT2D eigenvalue weighted by Crippen LogP contribution is -2.05. The summed E-state index contributed by atoms with van der Waals surface area (Å²) in [5, 5.41) is 0. The Morgan fingerprint density at radius 2 is 2.00 bits per heavy atom. The van der Waals surface area contributed by atoms with Gasteiger partial charge in [-0.3, -0.25) is 4.79 Å². The molecule has 0 amide bonds. The molecular formula is C12H13N3O2. The van der Waals surface area contributed by atoms with E-state index in [1.165, 1.54) is 12.4 Å². The SMILES string of the molecule is Cc1cc(C)c(Oc2cc(=O)[nH]cn2)cc1N. The van der Waals surface area contributed by atoms with Gasteiger partial charge in [-0.05, 0) is 25.0 Å². The van der Waals surface area contributed by atoms with Crippen molar-refractivity contribution >= 4 is 5.69 Å². The van der Waals surface area contributed by atoms with E-state index in [4.69, 9.17) is 10.5 Å². The van der Waals surface area contributed by atoms with Crippen LogP contribution < -0.4 is 16.0 Å². The van der Waals surface area contributed by atoms with Gasteiger partial charge in [-0.2, -0.15) is 0 Å². The highest BCUT2D eigenvalue weighted by Gasteiger charge is 2.05. The zero-order valence-corrected chi connectivity index (χ0v) is 9.65. The number of nitrogens with zero attached hydrogens (tertiary/aromatic N) is 1. The third-order valence-electron chi connectivity index (χ3n) is 2.43. The Hall–Kier alpha value is -2.30. The fourth-order valence-electron chi connectivity index (χ4n) is 1.48. The van der Waals surface area contributed by atoms with E-state index in [0.29, 0.717) is 11.4 Å². The summed E-state index contributed by atoms with van der Waals surface area (Å²) in [4.78, 5) is 17.4. The highest BCUT2D eigenvalue weighted by molar-refractivity contribution is 5.54. The lowest BCUT2D eigenvalue weighted by molar-refractivity contribution is 0.457. The van der Waals surface area contributed by atoms with Crippen molar-refractivity contribution in [1.29, 1.82) is 0 Å². The highest BCUT2D eigenvalue weighted by Crippen LogP contribution is 2.27. The molecule has 0 radical (unpaired) electrons. The topological polar surface area (TPSA) is 81.0 Å². The highest BCUT2D eigenvalue weighted by atomic mass is 16.5. The molecule has 17 heavy (non-hydrogen) atoms. The first-order valence-corrected chi connectivity index (χ1v) is 5.15. The van der Waals surface area contributed by atoms with Gasteiger partial charge in [0.15, 0.2) is 0 Å². The van der Waals surface area contributed by atoms with Crippen LogP contribution in [0.15, 0.2) is 29.3 Å². The van der Waals surface area contributed by atoms with Crippen LogP contribution >= 0.6 is 0 Å². The number of hydrogen-bond donors (Lipinski definition) is 2. The van der Waals surface area contributed by atoms with Gasteiger partial charge in [-0.15, -0.1) is 0 Å². The average molecular weight is 231 g/mol. The molecule has 0 saturated heterocycles. The molecule has 88 valence electrons. The van der Waals surface area contributed by atoms with Gasteiger partial charge in [0.05, 0.1) is 12.4 Å². The first-order valence-electron chi connectivity index (χ1n) is 5.15. The quantitative estimate of drug-likeness (QED) is 0.772. The lowest BCUT2D eigenvalue weighted by atomic mass is 10.1. The number of anilines is 1. The first kappa shape index (κ1) is 11.2. The Morgan fingerprint density at radius 3 is 2.71 bits per heavy atom. The Morgan fingerprint density at radius 1 is 1.24 bits per heavy atom. The summed E-state index contributed by atoms with van der Waals surface area (Å²) in [6.45, 7) is 3.84. The van der Waals surface area contributed by atoms with Gasteiger partial charge < -0.3 is 15.5 Å². The first-order chi connectivity index (χ1) is 8.06. The van der Waals surface area contributed by atoms with E-state index in [0.717, 1.165) is 11.1 Å². The van der Waals surface area contributed by atoms with Crippen molar-refractivity contribution in [1.82, 2.24) is 9.97 Å². The van der Waals surface area contributed by atoms with Crippen LogP contribution in [0.4, 0.5) is 5.69 Å². The molecule has 0 bridgehead atoms. The number of benzene rings is 1. The Balaban J connectivity index is 2.36. The molecule has 0 unspecified atom stereocenters. The van der Waals surface area contributed by atoms with Gasteiger partial charge in [0.2, 0.25) is 5.88 Å². The van der Waals surface area contributed by atoms with Crippen LogP contribution in [0.5, 0.6) is 11.6 Å². The molecule has 3 N–H and O–H groups in total. The summed E-state index contributed by atoms with van der Waals surface area (Å²) in [6, 6.07) is 4.95. The van der Waals surface area contributed by atoms with Crippen molar-refractivity contribution in [2.45, 2.75) is 13.8 Å². The van der Waals surface area contributed by atoms with Crippen LogP contribution in [-0.4, -0.2) is 9.97 Å². The molecule has 1 heterocycles. The second-order valence-electron chi connectivity index (χ2n) is 3.83. The van der Waals surface area contributed by atoms with E-state index in [1.807, 2.05) is 19.9 Å². The van der Waals surface area contributed by atoms with E-state index in [9.17, 15) is 4.79 Å². The second-order valence-corrected chi connectivity index (χ2v) is 3.83. The van der Waals surface area contributed by atoms with Gasteiger partial charge in [0.25, 0.3) is 5.56 Å². The van der Waals surface area contributed by atoms with Crippen molar-refractivity contribution in [2.24, 2.45) is 0 Å². The number of H-pyrrole nitrogens is 1. The predicted octanol–water partition coefficient (Wildman–Crippen LogP) is 1.76. The van der Waals surface area contributed by atoms with Gasteiger partial charge in [0, 0.05) is 11.8 Å². The van der Waals surface area contributed by atoms with Crippen LogP contribution in [0.2, 0.25) is 0 Å². The number of aryl methyl sites for hydroxylation is 2. The number of nitrogen functional groups attached to an aromatic ring is 1. The smallest absolute Gasteiger partial charge is 0.254 e. The van der Waals surface area contributed by atoms with E-state index < -0.39 is 0 Å². The summed E-state index contributed by atoms with van der Waals surface area (Å²) in [5.74, 6) is 0.853. The monoisotopic (exact) mass is 231 g/mol. The minimum atomic E-state index is -0.257. The fraction of sp³-hybridized carbons (Fsp3) is 0.167. The number of rotatable bonds is 2. The molecule has 5 nitrogen and oxygen atoms in total. The minimum Gasteiger partial charge on any atom is -0.438 e. The van der Waals surface area contributed by atoms with Crippen molar-refractivity contribution in [3.63, 3.8) is 0 Å². The van der Waals surface area contributed by atoms with E-state index in [-0.39, 0.29) is 11.4 Å². The molecule has 1 aromatic carbocycles. The van der Waals surface area contributed by atoms with Crippen LogP contribution in [0.3, 0.4) is 0 Å². The standard InChI is InChI=1S/C12H13N3O2/c1-7-3-8(2)10(4-9(7)13)17-12-5-11(16)14-6-15-12/h3-6H,13H2,1-2H3,(H,14,15,16). The zero-order valence-electron chi connectivity index (χ0n) is 9.65. The Bertz CT molecular complexity index is 605. The van der Waals surface area contributed by atoms with E-state index in [1.54, 1.807) is 6.07 Å². The number of hydrogen-bond acceptors (Lipinski definition) is 4. The molecule has 0 atom stereocenters. The van der Waals surface area contributed by atoms with Crippen LogP contribution in [0, 0.1) is 13.8 Å². The fourth-order valence-corrected chi connectivity index (χ4v) is 1.48.